The zero-order chi connectivity index (χ0) is 22.4. The maximum atomic E-state index is 14.1. The molecule has 1 amide bonds. The highest BCUT2D eigenvalue weighted by Gasteiger charge is 2.56. The smallest absolute Gasteiger partial charge is 0.238 e. The van der Waals surface area contributed by atoms with Crippen molar-refractivity contribution in [3.8, 4) is 5.75 Å². The van der Waals surface area contributed by atoms with Crippen LogP contribution in [0.15, 0.2) is 53.1 Å². The van der Waals surface area contributed by atoms with Gasteiger partial charge in [-0.05, 0) is 55.0 Å². The number of carbonyl (C=O) groups is 1. The van der Waals surface area contributed by atoms with Gasteiger partial charge in [-0.15, -0.1) is 0 Å². The van der Waals surface area contributed by atoms with Crippen LogP contribution in [0.3, 0.4) is 0 Å². The lowest BCUT2D eigenvalue weighted by atomic mass is 9.93. The SMILES string of the molecule is COc1ccc(C2(C(=O)N3c4ccccc4CC3c3noc(C4CCOCC4)n3)CC2)cc1. The van der Waals surface area contributed by atoms with Crippen LogP contribution in [0.4, 0.5) is 5.69 Å². The summed E-state index contributed by atoms with van der Waals surface area (Å²) < 4.78 is 16.5. The second kappa shape index (κ2) is 7.99. The number of amides is 1. The van der Waals surface area contributed by atoms with E-state index < -0.39 is 5.41 Å². The summed E-state index contributed by atoms with van der Waals surface area (Å²) in [7, 11) is 1.65. The van der Waals surface area contributed by atoms with Crippen LogP contribution in [0, 0.1) is 0 Å². The number of benzene rings is 2. The van der Waals surface area contributed by atoms with Gasteiger partial charge in [0, 0.05) is 31.2 Å². The zero-order valence-corrected chi connectivity index (χ0v) is 18.7. The van der Waals surface area contributed by atoms with Gasteiger partial charge in [0.25, 0.3) is 0 Å². The molecule has 3 heterocycles. The van der Waals surface area contributed by atoms with Crippen molar-refractivity contribution in [2.45, 2.75) is 49.5 Å². The summed E-state index contributed by atoms with van der Waals surface area (Å²) >= 11 is 0. The number of ether oxygens (including phenoxy) is 2. The normalized spacial score (nSPS) is 21.6. The monoisotopic (exact) mass is 445 g/mol. The molecule has 2 aromatic carbocycles. The number of para-hydroxylation sites is 1. The number of rotatable bonds is 5. The molecular weight excluding hydrogens is 418 g/mol. The van der Waals surface area contributed by atoms with Gasteiger partial charge in [-0.25, -0.2) is 0 Å². The molecule has 0 bridgehead atoms. The number of aromatic nitrogens is 2. The van der Waals surface area contributed by atoms with Gasteiger partial charge in [-0.2, -0.15) is 4.98 Å². The van der Waals surface area contributed by atoms with Gasteiger partial charge in [-0.1, -0.05) is 35.5 Å². The topological polar surface area (TPSA) is 77.7 Å². The van der Waals surface area contributed by atoms with Gasteiger partial charge in [0.05, 0.1) is 12.5 Å². The average molecular weight is 446 g/mol. The minimum atomic E-state index is -0.505. The van der Waals surface area contributed by atoms with Crippen molar-refractivity contribution in [3.05, 3.63) is 71.4 Å². The Bertz CT molecular complexity index is 1160. The van der Waals surface area contributed by atoms with Crippen molar-refractivity contribution >= 4 is 11.6 Å². The van der Waals surface area contributed by atoms with E-state index >= 15 is 0 Å². The molecule has 1 unspecified atom stereocenters. The van der Waals surface area contributed by atoms with Gasteiger partial charge < -0.3 is 18.9 Å². The van der Waals surface area contributed by atoms with E-state index in [2.05, 4.69) is 11.2 Å². The molecule has 1 saturated heterocycles. The summed E-state index contributed by atoms with van der Waals surface area (Å²) in [6.45, 7) is 1.43. The lowest BCUT2D eigenvalue weighted by Gasteiger charge is -2.28. The Morgan fingerprint density at radius 3 is 2.58 bits per heavy atom. The van der Waals surface area contributed by atoms with Crippen molar-refractivity contribution < 1.29 is 18.8 Å². The van der Waals surface area contributed by atoms with E-state index in [-0.39, 0.29) is 17.9 Å². The van der Waals surface area contributed by atoms with E-state index in [0.717, 1.165) is 48.2 Å². The number of fused-ring (bicyclic) bond motifs is 1. The summed E-state index contributed by atoms with van der Waals surface area (Å²) in [6.07, 6.45) is 4.13. The van der Waals surface area contributed by atoms with Crippen LogP contribution in [0.2, 0.25) is 0 Å². The molecule has 1 atom stereocenters. The Balaban J connectivity index is 1.34. The highest BCUT2D eigenvalue weighted by molar-refractivity contribution is 6.05. The predicted molar refractivity (Wildman–Crippen MR) is 121 cm³/mol. The zero-order valence-electron chi connectivity index (χ0n) is 18.7. The van der Waals surface area contributed by atoms with Crippen LogP contribution in [0.5, 0.6) is 5.75 Å². The van der Waals surface area contributed by atoms with Crippen molar-refractivity contribution in [2.24, 2.45) is 0 Å². The van der Waals surface area contributed by atoms with Gasteiger partial charge >= 0.3 is 0 Å². The van der Waals surface area contributed by atoms with Gasteiger partial charge in [-0.3, -0.25) is 4.79 Å². The van der Waals surface area contributed by atoms with E-state index in [4.69, 9.17) is 19.0 Å². The molecule has 170 valence electrons. The first-order valence-corrected chi connectivity index (χ1v) is 11.7. The Morgan fingerprint density at radius 1 is 1.09 bits per heavy atom. The van der Waals surface area contributed by atoms with Crippen LogP contribution in [-0.2, 0) is 21.4 Å². The molecule has 7 nitrogen and oxygen atoms in total. The fourth-order valence-electron chi connectivity index (χ4n) is 5.23. The van der Waals surface area contributed by atoms with Gasteiger partial charge in [0.2, 0.25) is 11.8 Å². The number of hydrogen-bond donors (Lipinski definition) is 0. The molecule has 7 heteroatoms. The Hall–Kier alpha value is -3.19. The highest BCUT2D eigenvalue weighted by atomic mass is 16.5. The second-order valence-electron chi connectivity index (χ2n) is 9.21. The van der Waals surface area contributed by atoms with Crippen LogP contribution in [-0.4, -0.2) is 36.4 Å². The van der Waals surface area contributed by atoms with Gasteiger partial charge in [0.15, 0.2) is 5.82 Å². The largest absolute Gasteiger partial charge is 0.497 e. The van der Waals surface area contributed by atoms with Crippen LogP contribution in [0.25, 0.3) is 0 Å². The molecule has 1 aromatic heterocycles. The summed E-state index contributed by atoms with van der Waals surface area (Å²) in [4.78, 5) is 20.8. The van der Waals surface area contributed by atoms with Gasteiger partial charge in [0.1, 0.15) is 11.8 Å². The van der Waals surface area contributed by atoms with E-state index in [1.807, 2.05) is 47.4 Å². The number of carbonyl (C=O) groups excluding carboxylic acids is 1. The summed E-state index contributed by atoms with van der Waals surface area (Å²) in [5, 5.41) is 4.35. The minimum Gasteiger partial charge on any atom is -0.497 e. The Morgan fingerprint density at radius 2 is 1.85 bits per heavy atom. The van der Waals surface area contributed by atoms with E-state index in [0.29, 0.717) is 31.3 Å². The quantitative estimate of drug-likeness (QED) is 0.582. The van der Waals surface area contributed by atoms with Crippen molar-refractivity contribution in [1.82, 2.24) is 10.1 Å². The first kappa shape index (κ1) is 20.4. The lowest BCUT2D eigenvalue weighted by Crippen LogP contribution is -2.40. The molecule has 6 rings (SSSR count). The number of hydrogen-bond acceptors (Lipinski definition) is 6. The average Bonchev–Trinajstić information content (AvgIpc) is 3.37. The molecule has 3 aliphatic rings. The fraction of sp³-hybridized carbons (Fsp3) is 0.423. The first-order valence-electron chi connectivity index (χ1n) is 11.7. The molecule has 3 aromatic rings. The molecule has 0 radical (unpaired) electrons. The maximum absolute atomic E-state index is 14.1. The van der Waals surface area contributed by atoms with E-state index in [1.165, 1.54) is 0 Å². The molecule has 1 saturated carbocycles. The molecule has 2 fully saturated rings. The predicted octanol–water partition coefficient (Wildman–Crippen LogP) is 4.33. The van der Waals surface area contributed by atoms with E-state index in [1.54, 1.807) is 7.11 Å². The summed E-state index contributed by atoms with van der Waals surface area (Å²) in [5.41, 5.74) is 2.62. The molecule has 33 heavy (non-hydrogen) atoms. The lowest BCUT2D eigenvalue weighted by molar-refractivity contribution is -0.121. The van der Waals surface area contributed by atoms with Crippen molar-refractivity contribution in [2.75, 3.05) is 25.2 Å². The first-order chi connectivity index (χ1) is 16.2. The molecule has 1 aliphatic carbocycles. The third-order valence-corrected chi connectivity index (χ3v) is 7.32. The Labute approximate surface area is 192 Å². The number of methoxy groups -OCH3 is 1. The highest BCUT2D eigenvalue weighted by Crippen LogP contribution is 2.53. The maximum Gasteiger partial charge on any atom is 0.238 e. The molecule has 2 aliphatic heterocycles. The van der Waals surface area contributed by atoms with Crippen molar-refractivity contribution in [3.63, 3.8) is 0 Å². The third kappa shape index (κ3) is 3.42. The summed E-state index contributed by atoms with van der Waals surface area (Å²) in [6, 6.07) is 15.7. The number of anilines is 1. The van der Waals surface area contributed by atoms with Crippen LogP contribution >= 0.6 is 0 Å². The number of nitrogens with zero attached hydrogens (tertiary/aromatic N) is 3. The second-order valence-corrected chi connectivity index (χ2v) is 9.21. The van der Waals surface area contributed by atoms with E-state index in [9.17, 15) is 4.79 Å². The molecular formula is C26H27N3O4. The Kier molecular flexibility index (Phi) is 4.94. The van der Waals surface area contributed by atoms with Crippen LogP contribution in [0.1, 0.15) is 60.5 Å². The summed E-state index contributed by atoms with van der Waals surface area (Å²) in [5.74, 6) is 2.38. The molecule has 0 spiro atoms. The standard InChI is InChI=1S/C26H27N3O4/c1-31-20-8-6-19(7-9-20)26(12-13-26)25(30)29-21-5-3-2-4-18(21)16-22(29)23-27-24(33-28-23)17-10-14-32-15-11-17/h2-9,17,22H,10-16H2,1H3. The third-order valence-electron chi connectivity index (χ3n) is 7.32. The fourth-order valence-corrected chi connectivity index (χ4v) is 5.23. The minimum absolute atomic E-state index is 0.111. The van der Waals surface area contributed by atoms with Crippen molar-refractivity contribution in [1.29, 1.82) is 0 Å². The molecule has 0 N–H and O–H groups in total. The van der Waals surface area contributed by atoms with Crippen LogP contribution < -0.4 is 9.64 Å².